The first-order chi connectivity index (χ1) is 10.0. The Hall–Kier alpha value is -2.50. The Morgan fingerprint density at radius 1 is 1.24 bits per heavy atom. The molecule has 0 atom stereocenters. The van der Waals surface area contributed by atoms with Gasteiger partial charge in [0.05, 0.1) is 13.2 Å². The fraction of sp³-hybridized carbons (Fsp3) is 0.333. The van der Waals surface area contributed by atoms with E-state index in [0.29, 0.717) is 17.4 Å². The number of hydrogen-bond donors (Lipinski definition) is 2. The van der Waals surface area contributed by atoms with Crippen molar-refractivity contribution in [1.82, 2.24) is 9.97 Å². The largest absolute Gasteiger partial charge is 0.496 e. The van der Waals surface area contributed by atoms with Gasteiger partial charge in [0.25, 0.3) is 0 Å². The highest BCUT2D eigenvalue weighted by molar-refractivity contribution is 5.72. The van der Waals surface area contributed by atoms with E-state index < -0.39 is 0 Å². The molecule has 1 aromatic carbocycles. The predicted molar refractivity (Wildman–Crippen MR) is 83.2 cm³/mol. The lowest BCUT2D eigenvalue weighted by Gasteiger charge is -2.14. The minimum atomic E-state index is -0.00159. The molecule has 2 rings (SSSR count). The average molecular weight is 288 g/mol. The lowest BCUT2D eigenvalue weighted by Crippen LogP contribution is -2.10. The zero-order chi connectivity index (χ0) is 15.4. The molecule has 0 bridgehead atoms. The Labute approximate surface area is 124 Å². The molecule has 6 heteroatoms. The summed E-state index contributed by atoms with van der Waals surface area (Å²) in [5.41, 5.74) is 8.32. The zero-order valence-corrected chi connectivity index (χ0v) is 12.7. The van der Waals surface area contributed by atoms with Gasteiger partial charge in [0.1, 0.15) is 17.8 Å². The molecule has 1 heterocycles. The summed E-state index contributed by atoms with van der Waals surface area (Å²) in [6.07, 6.45) is 1.42. The van der Waals surface area contributed by atoms with Crippen molar-refractivity contribution in [2.45, 2.75) is 26.9 Å². The van der Waals surface area contributed by atoms with E-state index in [0.717, 1.165) is 17.0 Å². The highest BCUT2D eigenvalue weighted by Crippen LogP contribution is 2.29. The zero-order valence-electron chi connectivity index (χ0n) is 12.7. The minimum Gasteiger partial charge on any atom is -0.496 e. The first-order valence-electron chi connectivity index (χ1n) is 6.70. The molecule has 0 unspecified atom stereocenters. The number of nitrogen functional groups attached to an aromatic ring is 1. The van der Waals surface area contributed by atoms with Crippen molar-refractivity contribution >= 4 is 17.2 Å². The van der Waals surface area contributed by atoms with Gasteiger partial charge in [-0.1, -0.05) is 0 Å². The summed E-state index contributed by atoms with van der Waals surface area (Å²) < 4.78 is 10.8. The van der Waals surface area contributed by atoms with Gasteiger partial charge >= 0.3 is 0 Å². The van der Waals surface area contributed by atoms with Crippen LogP contribution in [0.4, 0.5) is 17.2 Å². The number of aromatic nitrogens is 2. The van der Waals surface area contributed by atoms with Crippen molar-refractivity contribution in [3.05, 3.63) is 30.1 Å². The van der Waals surface area contributed by atoms with E-state index in [4.69, 9.17) is 15.2 Å². The maximum absolute atomic E-state index is 6.04. The number of anilines is 3. The van der Waals surface area contributed by atoms with Crippen molar-refractivity contribution in [2.24, 2.45) is 0 Å². The van der Waals surface area contributed by atoms with E-state index in [2.05, 4.69) is 15.3 Å². The summed E-state index contributed by atoms with van der Waals surface area (Å²) in [6, 6.07) is 5.75. The van der Waals surface area contributed by atoms with E-state index in [-0.39, 0.29) is 6.10 Å². The smallest absolute Gasteiger partial charge is 0.242 e. The van der Waals surface area contributed by atoms with Gasteiger partial charge in [-0.3, -0.25) is 0 Å². The van der Waals surface area contributed by atoms with Crippen LogP contribution in [0, 0.1) is 6.92 Å². The van der Waals surface area contributed by atoms with Crippen LogP contribution in [-0.2, 0) is 0 Å². The van der Waals surface area contributed by atoms with Crippen LogP contribution in [0.5, 0.6) is 11.6 Å². The highest BCUT2D eigenvalue weighted by atomic mass is 16.5. The number of methoxy groups -OCH3 is 1. The summed E-state index contributed by atoms with van der Waals surface area (Å²) in [7, 11) is 1.65. The maximum atomic E-state index is 6.04. The molecule has 0 spiro atoms. The second kappa shape index (κ2) is 6.30. The molecule has 112 valence electrons. The molecule has 2 aromatic rings. The number of nitrogens with two attached hydrogens (primary N) is 1. The van der Waals surface area contributed by atoms with Crippen molar-refractivity contribution in [3.8, 4) is 11.6 Å². The van der Waals surface area contributed by atoms with Crippen LogP contribution in [-0.4, -0.2) is 23.2 Å². The van der Waals surface area contributed by atoms with Crippen molar-refractivity contribution in [1.29, 1.82) is 0 Å². The van der Waals surface area contributed by atoms with Crippen LogP contribution >= 0.6 is 0 Å². The average Bonchev–Trinajstić information content (AvgIpc) is 2.43. The summed E-state index contributed by atoms with van der Waals surface area (Å²) in [4.78, 5) is 8.20. The standard InChI is InChI=1S/C15H20N4O2/c1-9(2)21-15-13(16)14(17-8-18-15)19-11-5-6-12(20-4)10(3)7-11/h5-9H,16H2,1-4H3,(H,17,18,19). The Kier molecular flexibility index (Phi) is 4.47. The second-order valence-corrected chi connectivity index (χ2v) is 4.92. The third kappa shape index (κ3) is 3.53. The van der Waals surface area contributed by atoms with Crippen molar-refractivity contribution in [2.75, 3.05) is 18.2 Å². The van der Waals surface area contributed by atoms with Crippen molar-refractivity contribution in [3.63, 3.8) is 0 Å². The molecular weight excluding hydrogens is 268 g/mol. The fourth-order valence-corrected chi connectivity index (χ4v) is 1.89. The number of ether oxygens (including phenoxy) is 2. The molecule has 0 fully saturated rings. The molecule has 3 N–H and O–H groups in total. The molecular formula is C15H20N4O2. The number of aryl methyl sites for hydroxylation is 1. The van der Waals surface area contributed by atoms with E-state index in [1.807, 2.05) is 39.0 Å². The molecule has 6 nitrogen and oxygen atoms in total. The topological polar surface area (TPSA) is 82.3 Å². The van der Waals surface area contributed by atoms with E-state index in [9.17, 15) is 0 Å². The van der Waals surface area contributed by atoms with Crippen LogP contribution in [0.2, 0.25) is 0 Å². The van der Waals surface area contributed by atoms with Crippen LogP contribution in [0.1, 0.15) is 19.4 Å². The Balaban J connectivity index is 2.25. The van der Waals surface area contributed by atoms with E-state index >= 15 is 0 Å². The van der Waals surface area contributed by atoms with Crippen LogP contribution in [0.25, 0.3) is 0 Å². The van der Waals surface area contributed by atoms with Gasteiger partial charge in [0, 0.05) is 5.69 Å². The number of hydrogen-bond acceptors (Lipinski definition) is 6. The third-order valence-electron chi connectivity index (χ3n) is 2.85. The molecule has 0 aliphatic rings. The fourth-order valence-electron chi connectivity index (χ4n) is 1.89. The number of benzene rings is 1. The molecule has 0 aliphatic heterocycles. The van der Waals surface area contributed by atoms with Crippen LogP contribution in [0.3, 0.4) is 0 Å². The Morgan fingerprint density at radius 2 is 2.00 bits per heavy atom. The predicted octanol–water partition coefficient (Wildman–Crippen LogP) is 2.91. The summed E-state index contributed by atoms with van der Waals surface area (Å²) >= 11 is 0. The van der Waals surface area contributed by atoms with E-state index in [1.54, 1.807) is 7.11 Å². The van der Waals surface area contributed by atoms with Gasteiger partial charge in [0.2, 0.25) is 5.88 Å². The van der Waals surface area contributed by atoms with Gasteiger partial charge in [0.15, 0.2) is 5.82 Å². The van der Waals surface area contributed by atoms with E-state index in [1.165, 1.54) is 6.33 Å². The van der Waals surface area contributed by atoms with Crippen LogP contribution in [0.15, 0.2) is 24.5 Å². The highest BCUT2D eigenvalue weighted by Gasteiger charge is 2.11. The van der Waals surface area contributed by atoms with Crippen molar-refractivity contribution < 1.29 is 9.47 Å². The Bertz CT molecular complexity index is 629. The summed E-state index contributed by atoms with van der Waals surface area (Å²) in [5.74, 6) is 1.73. The second-order valence-electron chi connectivity index (χ2n) is 4.92. The lowest BCUT2D eigenvalue weighted by molar-refractivity contribution is 0.234. The van der Waals surface area contributed by atoms with Crippen LogP contribution < -0.4 is 20.5 Å². The number of nitrogens with zero attached hydrogens (tertiary/aromatic N) is 2. The number of rotatable bonds is 5. The first-order valence-corrected chi connectivity index (χ1v) is 6.70. The number of nitrogens with one attached hydrogen (secondary N) is 1. The summed E-state index contributed by atoms with van der Waals surface area (Å²) in [5, 5.41) is 3.17. The molecule has 0 saturated carbocycles. The van der Waals surface area contributed by atoms with Gasteiger partial charge in [-0.15, -0.1) is 0 Å². The lowest BCUT2D eigenvalue weighted by atomic mass is 10.2. The van der Waals surface area contributed by atoms with Gasteiger partial charge < -0.3 is 20.5 Å². The first kappa shape index (κ1) is 14.9. The third-order valence-corrected chi connectivity index (χ3v) is 2.85. The molecule has 0 saturated heterocycles. The molecule has 0 radical (unpaired) electrons. The summed E-state index contributed by atoms with van der Waals surface area (Å²) in [6.45, 7) is 5.81. The molecule has 1 aromatic heterocycles. The van der Waals surface area contributed by atoms with Gasteiger partial charge in [-0.2, -0.15) is 4.98 Å². The monoisotopic (exact) mass is 288 g/mol. The minimum absolute atomic E-state index is 0.00159. The SMILES string of the molecule is COc1ccc(Nc2ncnc(OC(C)C)c2N)cc1C. The normalized spacial score (nSPS) is 10.5. The maximum Gasteiger partial charge on any atom is 0.242 e. The quantitative estimate of drug-likeness (QED) is 0.880. The molecule has 0 aliphatic carbocycles. The molecule has 21 heavy (non-hydrogen) atoms. The molecule has 0 amide bonds. The van der Waals surface area contributed by atoms with Gasteiger partial charge in [-0.05, 0) is 44.5 Å². The van der Waals surface area contributed by atoms with Gasteiger partial charge in [-0.25, -0.2) is 4.98 Å². The Morgan fingerprint density at radius 3 is 2.62 bits per heavy atom.